The van der Waals surface area contributed by atoms with Crippen molar-refractivity contribution in [3.05, 3.63) is 103 Å². The Morgan fingerprint density at radius 3 is 2.29 bits per heavy atom. The highest BCUT2D eigenvalue weighted by Crippen LogP contribution is 2.26. The van der Waals surface area contributed by atoms with Crippen molar-refractivity contribution in [2.75, 3.05) is 22.5 Å². The Morgan fingerprint density at radius 1 is 1.00 bits per heavy atom. The van der Waals surface area contributed by atoms with Gasteiger partial charge >= 0.3 is 0 Å². The molecule has 3 aromatic rings. The molecule has 0 spiro atoms. The zero-order valence-corrected chi connectivity index (χ0v) is 18.0. The Bertz CT molecular complexity index is 1140. The molecule has 0 radical (unpaired) electrons. The minimum Gasteiger partial charge on any atom is -0.490 e. The first-order valence-corrected chi connectivity index (χ1v) is 11.5. The summed E-state index contributed by atoms with van der Waals surface area (Å²) in [6.45, 7) is 4.12. The number of para-hydroxylation sites is 1. The van der Waals surface area contributed by atoms with Crippen molar-refractivity contribution in [3.8, 4) is 5.75 Å². The average molecular weight is 437 g/mol. The van der Waals surface area contributed by atoms with Crippen LogP contribution in [0.5, 0.6) is 5.75 Å². The fourth-order valence-electron chi connectivity index (χ4n) is 3.00. The molecule has 3 aromatic carbocycles. The maximum Gasteiger partial charge on any atom is 0.257 e. The average Bonchev–Trinajstić information content (AvgIpc) is 2.77. The van der Waals surface area contributed by atoms with E-state index in [0.29, 0.717) is 23.7 Å². The molecular formula is C24H24N2O4S. The van der Waals surface area contributed by atoms with Gasteiger partial charge in [-0.15, -0.1) is 0 Å². The Balaban J connectivity index is 1.87. The van der Waals surface area contributed by atoms with E-state index in [4.69, 9.17) is 4.74 Å². The van der Waals surface area contributed by atoms with Gasteiger partial charge in [-0.3, -0.25) is 9.10 Å². The van der Waals surface area contributed by atoms with E-state index in [1.54, 1.807) is 54.6 Å². The van der Waals surface area contributed by atoms with Crippen LogP contribution in [0.2, 0.25) is 0 Å². The van der Waals surface area contributed by atoms with Gasteiger partial charge in [-0.1, -0.05) is 55.1 Å². The largest absolute Gasteiger partial charge is 0.490 e. The molecule has 0 saturated heterocycles. The van der Waals surface area contributed by atoms with E-state index >= 15 is 0 Å². The van der Waals surface area contributed by atoms with Gasteiger partial charge in [-0.05, 0) is 42.0 Å². The van der Waals surface area contributed by atoms with Gasteiger partial charge in [0, 0.05) is 5.69 Å². The lowest BCUT2D eigenvalue weighted by molar-refractivity contribution is 0.102. The molecule has 0 fully saturated rings. The Labute approximate surface area is 182 Å². The number of anilines is 2. The van der Waals surface area contributed by atoms with Crippen LogP contribution in [0.3, 0.4) is 0 Å². The predicted octanol–water partition coefficient (Wildman–Crippen LogP) is 4.47. The number of benzene rings is 3. The zero-order chi connectivity index (χ0) is 22.3. The molecule has 0 aliphatic carbocycles. The smallest absolute Gasteiger partial charge is 0.257 e. The van der Waals surface area contributed by atoms with E-state index in [0.717, 1.165) is 11.8 Å². The number of sulfonamides is 1. The second-order valence-corrected chi connectivity index (χ2v) is 8.76. The molecule has 7 heteroatoms. The molecule has 3 rings (SSSR count). The Morgan fingerprint density at radius 2 is 1.65 bits per heavy atom. The van der Waals surface area contributed by atoms with Crippen molar-refractivity contribution >= 4 is 27.3 Å². The van der Waals surface area contributed by atoms with Crippen LogP contribution in [-0.4, -0.2) is 27.2 Å². The number of amides is 1. The molecule has 0 aromatic heterocycles. The summed E-state index contributed by atoms with van der Waals surface area (Å²) in [7, 11) is -3.63. The standard InChI is InChI=1S/C24H24N2O4S/c1-3-17-30-21-15-13-20(14-16-21)25-24(27)22-11-7-8-12-23(22)26(31(2,28)29)18-19-9-5-4-6-10-19/h3-16H,1,17-18H2,2H3,(H,25,27). The van der Waals surface area contributed by atoms with E-state index in [9.17, 15) is 13.2 Å². The lowest BCUT2D eigenvalue weighted by atomic mass is 10.1. The number of carbonyl (C=O) groups is 1. The summed E-state index contributed by atoms with van der Waals surface area (Å²) in [6, 6.07) is 22.8. The van der Waals surface area contributed by atoms with Gasteiger partial charge < -0.3 is 10.1 Å². The molecule has 0 saturated carbocycles. The lowest BCUT2D eigenvalue weighted by Crippen LogP contribution is -2.31. The Hall–Kier alpha value is -3.58. The number of nitrogens with zero attached hydrogens (tertiary/aromatic N) is 1. The Kier molecular flexibility index (Phi) is 7.10. The summed E-state index contributed by atoms with van der Waals surface area (Å²) in [6.07, 6.45) is 2.78. The first-order valence-electron chi connectivity index (χ1n) is 9.64. The number of hydrogen-bond donors (Lipinski definition) is 1. The van der Waals surface area contributed by atoms with E-state index in [2.05, 4.69) is 11.9 Å². The van der Waals surface area contributed by atoms with E-state index in [1.807, 2.05) is 30.3 Å². The molecule has 0 bridgehead atoms. The van der Waals surface area contributed by atoms with Crippen LogP contribution < -0.4 is 14.4 Å². The monoisotopic (exact) mass is 436 g/mol. The molecule has 1 amide bonds. The van der Waals surface area contributed by atoms with Gasteiger partial charge in [-0.2, -0.15) is 0 Å². The van der Waals surface area contributed by atoms with Crippen LogP contribution in [0.25, 0.3) is 0 Å². The molecule has 160 valence electrons. The summed E-state index contributed by atoms with van der Waals surface area (Å²) in [4.78, 5) is 13.0. The quantitative estimate of drug-likeness (QED) is 0.502. The fourth-order valence-corrected chi connectivity index (χ4v) is 3.90. The maximum atomic E-state index is 13.0. The van der Waals surface area contributed by atoms with Crippen molar-refractivity contribution < 1.29 is 17.9 Å². The second-order valence-electron chi connectivity index (χ2n) is 6.85. The number of nitrogens with one attached hydrogen (secondary N) is 1. The lowest BCUT2D eigenvalue weighted by Gasteiger charge is -2.24. The van der Waals surface area contributed by atoms with Gasteiger partial charge in [0.15, 0.2) is 0 Å². The molecule has 6 nitrogen and oxygen atoms in total. The molecule has 0 unspecified atom stereocenters. The summed E-state index contributed by atoms with van der Waals surface area (Å²) >= 11 is 0. The van der Waals surface area contributed by atoms with Crippen molar-refractivity contribution in [1.29, 1.82) is 0 Å². The van der Waals surface area contributed by atoms with E-state index in [1.165, 1.54) is 4.31 Å². The zero-order valence-electron chi connectivity index (χ0n) is 17.2. The first-order chi connectivity index (χ1) is 14.9. The molecule has 0 aliphatic heterocycles. The minimum absolute atomic E-state index is 0.124. The molecule has 0 atom stereocenters. The van der Waals surface area contributed by atoms with Gasteiger partial charge in [0.25, 0.3) is 5.91 Å². The van der Waals surface area contributed by atoms with Gasteiger partial charge in [-0.25, -0.2) is 8.42 Å². The highest BCUT2D eigenvalue weighted by atomic mass is 32.2. The second kappa shape index (κ2) is 9.95. The molecule has 0 heterocycles. The molecular weight excluding hydrogens is 412 g/mol. The first kappa shape index (κ1) is 22.1. The SMILES string of the molecule is C=CCOc1ccc(NC(=O)c2ccccc2N(Cc2ccccc2)S(C)(=O)=O)cc1. The predicted molar refractivity (Wildman–Crippen MR) is 124 cm³/mol. The third-order valence-electron chi connectivity index (χ3n) is 4.47. The number of carbonyl (C=O) groups excluding carboxylic acids is 1. The topological polar surface area (TPSA) is 75.7 Å². The van der Waals surface area contributed by atoms with Crippen LogP contribution in [0.4, 0.5) is 11.4 Å². The maximum absolute atomic E-state index is 13.0. The summed E-state index contributed by atoms with van der Waals surface area (Å²) in [5.74, 6) is 0.251. The molecule has 0 aliphatic rings. The van der Waals surface area contributed by atoms with Crippen molar-refractivity contribution in [3.63, 3.8) is 0 Å². The van der Waals surface area contributed by atoms with Crippen molar-refractivity contribution in [2.45, 2.75) is 6.54 Å². The fraction of sp³-hybridized carbons (Fsp3) is 0.125. The number of hydrogen-bond acceptors (Lipinski definition) is 4. The highest BCUT2D eigenvalue weighted by Gasteiger charge is 2.23. The summed E-state index contributed by atoms with van der Waals surface area (Å²) in [5.41, 5.74) is 1.96. The normalized spacial score (nSPS) is 10.9. The van der Waals surface area contributed by atoms with Crippen LogP contribution in [-0.2, 0) is 16.6 Å². The number of rotatable bonds is 9. The highest BCUT2D eigenvalue weighted by molar-refractivity contribution is 7.92. The van der Waals surface area contributed by atoms with Gasteiger partial charge in [0.2, 0.25) is 10.0 Å². The summed E-state index contributed by atoms with van der Waals surface area (Å²) < 4.78 is 31.8. The van der Waals surface area contributed by atoms with Crippen LogP contribution in [0.15, 0.2) is 91.5 Å². The van der Waals surface area contributed by atoms with E-state index < -0.39 is 15.9 Å². The van der Waals surface area contributed by atoms with Crippen LogP contribution >= 0.6 is 0 Å². The van der Waals surface area contributed by atoms with Crippen molar-refractivity contribution in [2.24, 2.45) is 0 Å². The van der Waals surface area contributed by atoms with Crippen molar-refractivity contribution in [1.82, 2.24) is 0 Å². The van der Waals surface area contributed by atoms with E-state index in [-0.39, 0.29) is 12.1 Å². The molecule has 1 N–H and O–H groups in total. The van der Waals surface area contributed by atoms with Crippen LogP contribution in [0, 0.1) is 0 Å². The molecule has 31 heavy (non-hydrogen) atoms. The minimum atomic E-state index is -3.63. The van der Waals surface area contributed by atoms with Gasteiger partial charge in [0.1, 0.15) is 12.4 Å². The number of ether oxygens (including phenoxy) is 1. The summed E-state index contributed by atoms with van der Waals surface area (Å²) in [5, 5.41) is 2.82. The van der Waals surface area contributed by atoms with Crippen LogP contribution in [0.1, 0.15) is 15.9 Å². The third kappa shape index (κ3) is 5.96. The van der Waals surface area contributed by atoms with Gasteiger partial charge in [0.05, 0.1) is 24.1 Å². The third-order valence-corrected chi connectivity index (χ3v) is 5.59.